The number of nitrogens with zero attached hydrogens (tertiary/aromatic N) is 1. The molecule has 0 spiro atoms. The summed E-state index contributed by atoms with van der Waals surface area (Å²) in [6, 6.07) is 13.2. The molecule has 2 aromatic carbocycles. The Morgan fingerprint density at radius 3 is 2.37 bits per heavy atom. The number of β-amino-alcohol motifs (C(OH)–C–C–N with tert-alkyl or cyclic N) is 1. The molecule has 2 aromatic rings. The Balaban J connectivity index is 1.58. The van der Waals surface area contributed by atoms with Crippen LogP contribution in [0, 0.1) is 6.92 Å². The van der Waals surface area contributed by atoms with Crippen LogP contribution in [-0.2, 0) is 16.9 Å². The molecule has 3 rings (SSSR count). The summed E-state index contributed by atoms with van der Waals surface area (Å²) in [5, 5.41) is 31.2. The number of methoxy groups -OCH3 is 1. The smallest absolute Gasteiger partial charge is 0.118 e. The van der Waals surface area contributed by atoms with Crippen LogP contribution in [0.15, 0.2) is 42.5 Å². The number of rotatable bonds is 6. The number of hydrogen-bond acceptors (Lipinski definition) is 5. The molecule has 146 valence electrons. The van der Waals surface area contributed by atoms with E-state index in [1.54, 1.807) is 19.2 Å². The second-order valence-corrected chi connectivity index (χ2v) is 7.52. The number of phenolic OH excluding ortho intramolecular Hbond substituents is 1. The van der Waals surface area contributed by atoms with Crippen LogP contribution in [0.2, 0.25) is 0 Å². The average molecular weight is 371 g/mol. The zero-order chi connectivity index (χ0) is 19.4. The summed E-state index contributed by atoms with van der Waals surface area (Å²) in [7, 11) is 1.67. The lowest BCUT2D eigenvalue weighted by Gasteiger charge is -2.39. The maximum Gasteiger partial charge on any atom is 0.118 e. The quantitative estimate of drug-likeness (QED) is 0.728. The van der Waals surface area contributed by atoms with E-state index in [9.17, 15) is 15.3 Å². The van der Waals surface area contributed by atoms with Crippen LogP contribution in [0.4, 0.5) is 0 Å². The summed E-state index contributed by atoms with van der Waals surface area (Å²) < 4.78 is 5.13. The van der Waals surface area contributed by atoms with E-state index in [0.29, 0.717) is 26.0 Å². The molecule has 1 atom stereocenters. The monoisotopic (exact) mass is 371 g/mol. The Hall–Kier alpha value is -1.92. The van der Waals surface area contributed by atoms with Crippen LogP contribution in [0.3, 0.4) is 0 Å². The van der Waals surface area contributed by atoms with Crippen molar-refractivity contribution in [1.82, 2.24) is 4.90 Å². The molecule has 1 fully saturated rings. The van der Waals surface area contributed by atoms with Crippen LogP contribution >= 0.6 is 0 Å². The van der Waals surface area contributed by atoms with Gasteiger partial charge in [0.15, 0.2) is 0 Å². The van der Waals surface area contributed by atoms with Crippen LogP contribution < -0.4 is 0 Å². The molecular formula is C22H29NO4. The van der Waals surface area contributed by atoms with Gasteiger partial charge in [-0.05, 0) is 54.2 Å². The number of phenols is 1. The molecule has 0 aliphatic carbocycles. The number of ether oxygens (including phenoxy) is 1. The molecule has 0 radical (unpaired) electrons. The Morgan fingerprint density at radius 2 is 1.78 bits per heavy atom. The highest BCUT2D eigenvalue weighted by Crippen LogP contribution is 2.33. The van der Waals surface area contributed by atoms with Gasteiger partial charge in [0.25, 0.3) is 0 Å². The third-order valence-electron chi connectivity index (χ3n) is 5.52. The van der Waals surface area contributed by atoms with Crippen LogP contribution in [0.1, 0.15) is 41.2 Å². The molecule has 3 N–H and O–H groups in total. The van der Waals surface area contributed by atoms with Crippen LogP contribution in [0.5, 0.6) is 5.75 Å². The maximum absolute atomic E-state index is 11.1. The van der Waals surface area contributed by atoms with Crippen molar-refractivity contribution in [3.05, 3.63) is 64.7 Å². The SMILES string of the molecule is COCc1ccc(C2(O)CCN(CC(O)c3ccc(O)c(C)c3)CC2)cc1. The fourth-order valence-electron chi connectivity index (χ4n) is 3.71. The van der Waals surface area contributed by atoms with Crippen LogP contribution in [-0.4, -0.2) is 47.0 Å². The second-order valence-electron chi connectivity index (χ2n) is 7.52. The number of piperidine rings is 1. The predicted octanol–water partition coefficient (Wildman–Crippen LogP) is 2.86. The number of aryl methyl sites for hydroxylation is 1. The first kappa shape index (κ1) is 19.8. The molecule has 5 heteroatoms. The summed E-state index contributed by atoms with van der Waals surface area (Å²) in [6.45, 7) is 4.37. The summed E-state index contributed by atoms with van der Waals surface area (Å²) in [6.07, 6.45) is 0.666. The van der Waals surface area contributed by atoms with Crippen molar-refractivity contribution in [1.29, 1.82) is 0 Å². The topological polar surface area (TPSA) is 73.2 Å². The highest BCUT2D eigenvalue weighted by atomic mass is 16.5. The number of benzene rings is 2. The molecular weight excluding hydrogens is 342 g/mol. The van der Waals surface area contributed by atoms with Gasteiger partial charge < -0.3 is 25.0 Å². The molecule has 5 nitrogen and oxygen atoms in total. The zero-order valence-electron chi connectivity index (χ0n) is 16.1. The fraction of sp³-hybridized carbons (Fsp3) is 0.455. The molecule has 0 bridgehead atoms. The van der Waals surface area contributed by atoms with Crippen molar-refractivity contribution in [2.75, 3.05) is 26.7 Å². The molecule has 1 heterocycles. The molecule has 1 unspecified atom stereocenters. The van der Waals surface area contributed by atoms with Gasteiger partial charge in [0.05, 0.1) is 18.3 Å². The number of aliphatic hydroxyl groups excluding tert-OH is 1. The van der Waals surface area contributed by atoms with Gasteiger partial charge in [-0.1, -0.05) is 30.3 Å². The minimum Gasteiger partial charge on any atom is -0.508 e. The van der Waals surface area contributed by atoms with Crippen molar-refractivity contribution in [3.8, 4) is 5.75 Å². The van der Waals surface area contributed by atoms with Crippen molar-refractivity contribution >= 4 is 0 Å². The summed E-state index contributed by atoms with van der Waals surface area (Å²) >= 11 is 0. The summed E-state index contributed by atoms with van der Waals surface area (Å²) in [5.41, 5.74) is 2.78. The minimum absolute atomic E-state index is 0.241. The Kier molecular flexibility index (Phi) is 6.17. The van der Waals surface area contributed by atoms with Gasteiger partial charge in [0.2, 0.25) is 0 Å². The second kappa shape index (κ2) is 8.40. The fourth-order valence-corrected chi connectivity index (χ4v) is 3.71. The van der Waals surface area contributed by atoms with E-state index in [1.165, 1.54) is 0 Å². The summed E-state index contributed by atoms with van der Waals surface area (Å²) in [4.78, 5) is 2.18. The molecule has 0 amide bonds. The molecule has 0 aromatic heterocycles. The van der Waals surface area contributed by atoms with E-state index in [1.807, 2.05) is 37.3 Å². The lowest BCUT2D eigenvalue weighted by molar-refractivity contribution is -0.0345. The Labute approximate surface area is 160 Å². The van der Waals surface area contributed by atoms with Crippen molar-refractivity contribution in [3.63, 3.8) is 0 Å². The highest BCUT2D eigenvalue weighted by Gasteiger charge is 2.34. The van der Waals surface area contributed by atoms with E-state index in [2.05, 4.69) is 4.90 Å². The van der Waals surface area contributed by atoms with Crippen molar-refractivity contribution in [2.24, 2.45) is 0 Å². The van der Waals surface area contributed by atoms with E-state index in [4.69, 9.17) is 4.74 Å². The predicted molar refractivity (Wildman–Crippen MR) is 105 cm³/mol. The first-order valence-corrected chi connectivity index (χ1v) is 9.42. The lowest BCUT2D eigenvalue weighted by Crippen LogP contribution is -2.44. The first-order chi connectivity index (χ1) is 12.9. The van der Waals surface area contributed by atoms with E-state index < -0.39 is 11.7 Å². The van der Waals surface area contributed by atoms with Gasteiger partial charge >= 0.3 is 0 Å². The Morgan fingerprint density at radius 1 is 1.11 bits per heavy atom. The van der Waals surface area contributed by atoms with Gasteiger partial charge in [-0.3, -0.25) is 0 Å². The molecule has 27 heavy (non-hydrogen) atoms. The van der Waals surface area contributed by atoms with E-state index in [0.717, 1.165) is 35.3 Å². The largest absolute Gasteiger partial charge is 0.508 e. The molecule has 0 saturated carbocycles. The van der Waals surface area contributed by atoms with E-state index >= 15 is 0 Å². The molecule has 1 aliphatic rings. The lowest BCUT2D eigenvalue weighted by atomic mass is 9.84. The zero-order valence-corrected chi connectivity index (χ0v) is 16.1. The van der Waals surface area contributed by atoms with Gasteiger partial charge in [0.1, 0.15) is 5.75 Å². The maximum atomic E-state index is 11.1. The van der Waals surface area contributed by atoms with Gasteiger partial charge in [-0.2, -0.15) is 0 Å². The minimum atomic E-state index is -0.817. The Bertz CT molecular complexity index is 751. The van der Waals surface area contributed by atoms with Gasteiger partial charge in [-0.25, -0.2) is 0 Å². The van der Waals surface area contributed by atoms with Gasteiger partial charge in [-0.15, -0.1) is 0 Å². The average Bonchev–Trinajstić information content (AvgIpc) is 2.67. The van der Waals surface area contributed by atoms with Crippen LogP contribution in [0.25, 0.3) is 0 Å². The molecule has 1 saturated heterocycles. The number of aromatic hydroxyl groups is 1. The third kappa shape index (κ3) is 4.68. The number of aliphatic hydroxyl groups is 2. The van der Waals surface area contributed by atoms with Crippen molar-refractivity contribution < 1.29 is 20.1 Å². The first-order valence-electron chi connectivity index (χ1n) is 9.42. The normalized spacial score (nSPS) is 18.4. The standard InChI is InChI=1S/C22H29NO4/c1-16-13-18(5-8-20(16)24)21(25)14-23-11-9-22(26,10-12-23)19-6-3-17(4-7-19)15-27-2/h3-8,13,21,24-26H,9-12,14-15H2,1-2H3. The van der Waals surface area contributed by atoms with E-state index in [-0.39, 0.29) is 5.75 Å². The van der Waals surface area contributed by atoms with Gasteiger partial charge in [0, 0.05) is 26.7 Å². The summed E-state index contributed by atoms with van der Waals surface area (Å²) in [5.74, 6) is 0.241. The van der Waals surface area contributed by atoms with Crippen molar-refractivity contribution in [2.45, 2.75) is 38.1 Å². The third-order valence-corrected chi connectivity index (χ3v) is 5.52. The molecule has 1 aliphatic heterocycles. The number of likely N-dealkylation sites (tertiary alicyclic amines) is 1. The number of hydrogen-bond donors (Lipinski definition) is 3. The highest BCUT2D eigenvalue weighted by molar-refractivity contribution is 5.36.